The van der Waals surface area contributed by atoms with Crippen LogP contribution >= 0.6 is 0 Å². The van der Waals surface area contributed by atoms with Gasteiger partial charge < -0.3 is 14.2 Å². The van der Waals surface area contributed by atoms with E-state index in [0.717, 1.165) is 30.6 Å². The zero-order valence-electron chi connectivity index (χ0n) is 15.6. The Morgan fingerprint density at radius 1 is 1.08 bits per heavy atom. The Balaban J connectivity index is 1.32. The van der Waals surface area contributed by atoms with Crippen molar-refractivity contribution >= 4 is 5.97 Å². The fraction of sp³-hybridized carbons (Fsp3) is 0.952. The van der Waals surface area contributed by atoms with Gasteiger partial charge in [0.05, 0.1) is 12.2 Å². The van der Waals surface area contributed by atoms with Crippen molar-refractivity contribution in [1.29, 1.82) is 0 Å². The first-order valence-electron chi connectivity index (χ1n) is 10.4. The lowest BCUT2D eigenvalue weighted by Gasteiger charge is -2.60. The second kappa shape index (κ2) is 4.44. The first-order valence-corrected chi connectivity index (χ1v) is 10.4. The van der Waals surface area contributed by atoms with Gasteiger partial charge in [0.2, 0.25) is 5.79 Å². The van der Waals surface area contributed by atoms with Crippen LogP contribution in [0, 0.1) is 34.5 Å². The summed E-state index contributed by atoms with van der Waals surface area (Å²) in [5.41, 5.74) is 0.477. The molecule has 4 aliphatic carbocycles. The molecular formula is C21H30O4. The Labute approximate surface area is 150 Å². The van der Waals surface area contributed by atoms with Gasteiger partial charge in [-0.05, 0) is 74.0 Å². The van der Waals surface area contributed by atoms with Crippen LogP contribution in [-0.4, -0.2) is 30.1 Å². The lowest BCUT2D eigenvalue weighted by Crippen LogP contribution is -2.56. The highest BCUT2D eigenvalue weighted by Gasteiger charge is 2.80. The van der Waals surface area contributed by atoms with Crippen molar-refractivity contribution in [3.05, 3.63) is 0 Å². The maximum Gasteiger partial charge on any atom is 0.305 e. The van der Waals surface area contributed by atoms with Crippen molar-refractivity contribution in [2.24, 2.45) is 34.5 Å². The predicted octanol–water partition coefficient (Wildman–Crippen LogP) is 3.67. The first-order chi connectivity index (χ1) is 11.9. The smallest absolute Gasteiger partial charge is 0.305 e. The summed E-state index contributed by atoms with van der Waals surface area (Å²) in [6.45, 7) is 6.44. The van der Waals surface area contributed by atoms with Crippen LogP contribution in [0.5, 0.6) is 0 Å². The monoisotopic (exact) mass is 346 g/mol. The third-order valence-corrected chi connectivity index (χ3v) is 9.54. The molecule has 0 aromatic heterocycles. The standard InChI is InChI=1S/C21H30O4/c1-11(22)24-21-18(25-21)9-15-13-5-4-12-8-16-17(23-16)10-19(12,2)14(13)6-7-20(15,21)3/h12-18H,4-10H2,1-3H3/t12?,13?,14?,15?,16-,17+,18+,19-,20-,21+/m0/s1. The minimum Gasteiger partial charge on any atom is -0.430 e. The van der Waals surface area contributed by atoms with E-state index in [1.807, 2.05) is 0 Å². The number of esters is 1. The lowest BCUT2D eigenvalue weighted by atomic mass is 9.45. The molecule has 0 radical (unpaired) electrons. The Hall–Kier alpha value is -0.610. The molecule has 10 atom stereocenters. The molecule has 4 nitrogen and oxygen atoms in total. The summed E-state index contributed by atoms with van der Waals surface area (Å²) < 4.78 is 17.7. The van der Waals surface area contributed by atoms with Crippen molar-refractivity contribution in [3.8, 4) is 0 Å². The molecule has 4 heteroatoms. The highest BCUT2D eigenvalue weighted by Crippen LogP contribution is 2.74. The summed E-state index contributed by atoms with van der Waals surface area (Å²) in [5.74, 6) is 2.33. The van der Waals surface area contributed by atoms with Crippen LogP contribution in [0.15, 0.2) is 0 Å². The van der Waals surface area contributed by atoms with E-state index in [9.17, 15) is 4.79 Å². The van der Waals surface area contributed by atoms with Gasteiger partial charge in [0.25, 0.3) is 0 Å². The van der Waals surface area contributed by atoms with Crippen molar-refractivity contribution in [1.82, 2.24) is 0 Å². The summed E-state index contributed by atoms with van der Waals surface area (Å²) in [4.78, 5) is 11.7. The van der Waals surface area contributed by atoms with E-state index in [0.29, 0.717) is 23.5 Å². The maximum atomic E-state index is 11.7. The van der Waals surface area contributed by atoms with Crippen LogP contribution < -0.4 is 0 Å². The third-order valence-electron chi connectivity index (χ3n) is 9.54. The molecule has 6 rings (SSSR count). The SMILES string of the molecule is CC(=O)O[C@@]12O[C@@H]1CC1C3CCC4C[C@@H]5O[C@@H]5C[C@]4(C)C3CC[C@@]12C. The Kier molecular flexibility index (Phi) is 2.74. The van der Waals surface area contributed by atoms with E-state index in [4.69, 9.17) is 14.2 Å². The fourth-order valence-corrected chi connectivity index (χ4v) is 8.24. The highest BCUT2D eigenvalue weighted by atomic mass is 16.8. The Morgan fingerprint density at radius 2 is 1.92 bits per heavy atom. The van der Waals surface area contributed by atoms with Crippen LogP contribution in [0.3, 0.4) is 0 Å². The number of carbonyl (C=O) groups is 1. The molecule has 4 unspecified atom stereocenters. The quantitative estimate of drug-likeness (QED) is 0.537. The van der Waals surface area contributed by atoms with E-state index in [-0.39, 0.29) is 17.5 Å². The second-order valence-corrected chi connectivity index (χ2v) is 10.4. The van der Waals surface area contributed by atoms with Crippen molar-refractivity contribution < 1.29 is 19.0 Å². The number of rotatable bonds is 1. The second-order valence-electron chi connectivity index (χ2n) is 10.4. The molecule has 2 aliphatic heterocycles. The average Bonchev–Trinajstić information content (AvgIpc) is 3.42. The normalized spacial score (nSPS) is 63.4. The molecule has 138 valence electrons. The van der Waals surface area contributed by atoms with Gasteiger partial charge in [-0.1, -0.05) is 13.8 Å². The highest BCUT2D eigenvalue weighted by molar-refractivity contribution is 5.67. The molecule has 6 aliphatic rings. The minimum absolute atomic E-state index is 0.0149. The van der Waals surface area contributed by atoms with Crippen LogP contribution in [-0.2, 0) is 19.0 Å². The fourth-order valence-electron chi connectivity index (χ4n) is 8.24. The minimum atomic E-state index is -0.594. The van der Waals surface area contributed by atoms with Gasteiger partial charge in [0.15, 0.2) is 0 Å². The molecule has 4 saturated carbocycles. The summed E-state index contributed by atoms with van der Waals surface area (Å²) in [6, 6.07) is 0. The first kappa shape index (κ1) is 15.4. The van der Waals surface area contributed by atoms with Gasteiger partial charge in [0.1, 0.15) is 6.10 Å². The largest absolute Gasteiger partial charge is 0.430 e. The van der Waals surface area contributed by atoms with Crippen molar-refractivity contribution in [3.63, 3.8) is 0 Å². The third kappa shape index (κ3) is 1.74. The topological polar surface area (TPSA) is 51.4 Å². The van der Waals surface area contributed by atoms with Crippen molar-refractivity contribution in [2.75, 3.05) is 0 Å². The molecule has 0 N–H and O–H groups in total. The van der Waals surface area contributed by atoms with E-state index in [2.05, 4.69) is 13.8 Å². The predicted molar refractivity (Wildman–Crippen MR) is 90.5 cm³/mol. The molecule has 0 amide bonds. The molecule has 6 fully saturated rings. The molecule has 25 heavy (non-hydrogen) atoms. The van der Waals surface area contributed by atoms with Crippen molar-refractivity contribution in [2.45, 2.75) is 89.8 Å². The van der Waals surface area contributed by atoms with E-state index in [1.165, 1.54) is 39.0 Å². The summed E-state index contributed by atoms with van der Waals surface area (Å²) in [6.07, 6.45) is 10.1. The molecule has 0 bridgehead atoms. The molecule has 0 aromatic carbocycles. The lowest BCUT2D eigenvalue weighted by molar-refractivity contribution is -0.198. The molecule has 0 spiro atoms. The number of fused-ring (bicyclic) bond motifs is 8. The number of carbonyl (C=O) groups excluding carboxylic acids is 1. The molecular weight excluding hydrogens is 316 g/mol. The van der Waals surface area contributed by atoms with Gasteiger partial charge >= 0.3 is 5.97 Å². The van der Waals surface area contributed by atoms with E-state index >= 15 is 0 Å². The molecule has 2 heterocycles. The number of hydrogen-bond donors (Lipinski definition) is 0. The number of ether oxygens (including phenoxy) is 3. The summed E-state index contributed by atoms with van der Waals surface area (Å²) >= 11 is 0. The van der Waals surface area contributed by atoms with Crippen LogP contribution in [0.1, 0.15) is 65.7 Å². The van der Waals surface area contributed by atoms with E-state index < -0.39 is 5.79 Å². The Morgan fingerprint density at radius 3 is 2.72 bits per heavy atom. The Bertz CT molecular complexity index is 648. The molecule has 2 saturated heterocycles. The number of hydrogen-bond acceptors (Lipinski definition) is 4. The summed E-state index contributed by atoms with van der Waals surface area (Å²) in [7, 11) is 0. The van der Waals surface area contributed by atoms with Gasteiger partial charge in [-0.3, -0.25) is 4.79 Å². The summed E-state index contributed by atoms with van der Waals surface area (Å²) in [5, 5.41) is 0. The van der Waals surface area contributed by atoms with Crippen LogP contribution in [0.4, 0.5) is 0 Å². The van der Waals surface area contributed by atoms with Gasteiger partial charge in [0, 0.05) is 12.3 Å². The number of epoxide rings is 2. The average molecular weight is 346 g/mol. The van der Waals surface area contributed by atoms with Gasteiger partial charge in [-0.2, -0.15) is 0 Å². The zero-order chi connectivity index (χ0) is 17.2. The van der Waals surface area contributed by atoms with E-state index in [1.54, 1.807) is 0 Å². The van der Waals surface area contributed by atoms with Crippen LogP contribution in [0.25, 0.3) is 0 Å². The van der Waals surface area contributed by atoms with Gasteiger partial charge in [-0.25, -0.2) is 0 Å². The maximum absolute atomic E-state index is 11.7. The van der Waals surface area contributed by atoms with Crippen LogP contribution in [0.2, 0.25) is 0 Å². The van der Waals surface area contributed by atoms with Gasteiger partial charge in [-0.15, -0.1) is 0 Å². The molecule has 0 aromatic rings. The zero-order valence-corrected chi connectivity index (χ0v) is 15.6.